The minimum absolute atomic E-state index is 0.0670. The minimum atomic E-state index is -0.146. The van der Waals surface area contributed by atoms with Gasteiger partial charge in [0.05, 0.1) is 5.56 Å². The first-order chi connectivity index (χ1) is 13.6. The third kappa shape index (κ3) is 4.62. The Balaban J connectivity index is 1.70. The molecule has 7 nitrogen and oxygen atoms in total. The molecule has 0 atom stereocenters. The molecule has 0 fully saturated rings. The van der Waals surface area contributed by atoms with Gasteiger partial charge < -0.3 is 9.84 Å². The molecule has 2 N–H and O–H groups in total. The van der Waals surface area contributed by atoms with Crippen LogP contribution >= 0.6 is 0 Å². The SMILES string of the molecule is CCCc1c(COc2ccc(/C=C/c3nn[nH]n3)cc2)ccc(C(C)=O)c1O. The van der Waals surface area contributed by atoms with Gasteiger partial charge in [-0.15, -0.1) is 10.2 Å². The first-order valence-corrected chi connectivity index (χ1v) is 9.07. The molecule has 0 saturated heterocycles. The second kappa shape index (κ2) is 8.94. The molecule has 2 aromatic carbocycles. The zero-order valence-electron chi connectivity index (χ0n) is 15.8. The molecule has 144 valence electrons. The van der Waals surface area contributed by atoms with Crippen LogP contribution in [0.3, 0.4) is 0 Å². The summed E-state index contributed by atoms with van der Waals surface area (Å²) in [6.45, 7) is 3.81. The quantitative estimate of drug-likeness (QED) is 0.578. The number of hydrogen-bond donors (Lipinski definition) is 2. The van der Waals surface area contributed by atoms with Gasteiger partial charge in [0.2, 0.25) is 0 Å². The van der Waals surface area contributed by atoms with Crippen LogP contribution in [0.15, 0.2) is 36.4 Å². The van der Waals surface area contributed by atoms with Crippen molar-refractivity contribution in [3.8, 4) is 11.5 Å². The number of hydrogen-bond acceptors (Lipinski definition) is 6. The first-order valence-electron chi connectivity index (χ1n) is 9.07. The van der Waals surface area contributed by atoms with Crippen molar-refractivity contribution in [1.82, 2.24) is 20.6 Å². The molecule has 0 bridgehead atoms. The summed E-state index contributed by atoms with van der Waals surface area (Å²) >= 11 is 0. The van der Waals surface area contributed by atoms with E-state index in [2.05, 4.69) is 20.6 Å². The summed E-state index contributed by atoms with van der Waals surface area (Å²) in [5, 5.41) is 24.1. The Kier molecular flexibility index (Phi) is 6.16. The fourth-order valence-corrected chi connectivity index (χ4v) is 2.87. The van der Waals surface area contributed by atoms with Crippen LogP contribution in [0, 0.1) is 0 Å². The maximum Gasteiger partial charge on any atom is 0.197 e. The third-order valence-corrected chi connectivity index (χ3v) is 4.32. The number of rotatable bonds is 8. The van der Waals surface area contributed by atoms with Gasteiger partial charge in [-0.05, 0) is 54.0 Å². The number of carbonyl (C=O) groups excluding carboxylic acids is 1. The molecule has 28 heavy (non-hydrogen) atoms. The molecule has 0 saturated carbocycles. The van der Waals surface area contributed by atoms with E-state index < -0.39 is 0 Å². The molecule has 0 spiro atoms. The zero-order valence-corrected chi connectivity index (χ0v) is 15.8. The highest BCUT2D eigenvalue weighted by atomic mass is 16.5. The highest BCUT2D eigenvalue weighted by molar-refractivity contribution is 5.97. The van der Waals surface area contributed by atoms with Gasteiger partial charge in [0.25, 0.3) is 0 Å². The molecule has 0 aliphatic carbocycles. The standard InChI is InChI=1S/C21H22N4O3/c1-3-4-19-16(8-11-18(14(2)26)21(19)27)13-28-17-9-5-15(6-10-17)7-12-20-22-24-25-23-20/h5-12,27H,3-4,13H2,1-2H3,(H,22,23,24,25)/b12-7+. The van der Waals surface area contributed by atoms with Crippen LogP contribution in [0.2, 0.25) is 0 Å². The van der Waals surface area contributed by atoms with Crippen LogP contribution in [-0.2, 0) is 13.0 Å². The summed E-state index contributed by atoms with van der Waals surface area (Å²) in [4.78, 5) is 11.7. The number of Topliss-reactive ketones (excluding diaryl/α,β-unsaturated/α-hetero) is 1. The number of phenolic OH excluding ortho intramolecular Hbond substituents is 1. The average molecular weight is 378 g/mol. The van der Waals surface area contributed by atoms with E-state index in [-0.39, 0.29) is 11.5 Å². The number of aromatic hydroxyl groups is 1. The second-order valence-corrected chi connectivity index (χ2v) is 6.37. The van der Waals surface area contributed by atoms with E-state index in [4.69, 9.17) is 4.74 Å². The van der Waals surface area contributed by atoms with E-state index in [9.17, 15) is 9.90 Å². The summed E-state index contributed by atoms with van der Waals surface area (Å²) in [6.07, 6.45) is 5.19. The number of tetrazole rings is 1. The molecule has 0 radical (unpaired) electrons. The van der Waals surface area contributed by atoms with Gasteiger partial charge >= 0.3 is 0 Å². The Bertz CT molecular complexity index is 964. The number of nitrogens with zero attached hydrogens (tertiary/aromatic N) is 3. The number of H-pyrrole nitrogens is 1. The summed E-state index contributed by atoms with van der Waals surface area (Å²) in [5.41, 5.74) is 2.98. The number of benzene rings is 2. The highest BCUT2D eigenvalue weighted by Crippen LogP contribution is 2.29. The molecule has 0 aliphatic rings. The third-order valence-electron chi connectivity index (χ3n) is 4.32. The summed E-state index contributed by atoms with van der Waals surface area (Å²) in [7, 11) is 0. The van der Waals surface area contributed by atoms with Crippen LogP contribution < -0.4 is 4.74 Å². The Morgan fingerprint density at radius 2 is 1.96 bits per heavy atom. The number of nitrogens with one attached hydrogen (secondary N) is 1. The van der Waals surface area contributed by atoms with Crippen molar-refractivity contribution < 1.29 is 14.6 Å². The molecule has 3 rings (SSSR count). The molecule has 7 heteroatoms. The van der Waals surface area contributed by atoms with E-state index in [1.165, 1.54) is 6.92 Å². The van der Waals surface area contributed by atoms with E-state index in [0.717, 1.165) is 23.1 Å². The van der Waals surface area contributed by atoms with Crippen molar-refractivity contribution in [2.24, 2.45) is 0 Å². The molecule has 1 aromatic heterocycles. The van der Waals surface area contributed by atoms with Crippen LogP contribution in [0.1, 0.15) is 53.1 Å². The molecule has 0 amide bonds. The zero-order chi connectivity index (χ0) is 19.9. The predicted octanol–water partition coefficient (Wildman–Crippen LogP) is 3.81. The van der Waals surface area contributed by atoms with Crippen molar-refractivity contribution >= 4 is 17.9 Å². The van der Waals surface area contributed by atoms with Crippen molar-refractivity contribution in [1.29, 1.82) is 0 Å². The smallest absolute Gasteiger partial charge is 0.197 e. The summed E-state index contributed by atoms with van der Waals surface area (Å²) in [5.74, 6) is 1.15. The van der Waals surface area contributed by atoms with Crippen molar-refractivity contribution in [3.05, 3.63) is 64.5 Å². The first kappa shape index (κ1) is 19.3. The Labute approximate surface area is 163 Å². The van der Waals surface area contributed by atoms with Gasteiger partial charge in [-0.3, -0.25) is 4.79 Å². The van der Waals surface area contributed by atoms with Crippen LogP contribution in [0.25, 0.3) is 12.2 Å². The maximum atomic E-state index is 11.7. The highest BCUT2D eigenvalue weighted by Gasteiger charge is 2.15. The Morgan fingerprint density at radius 1 is 1.18 bits per heavy atom. The molecular formula is C21H22N4O3. The van der Waals surface area contributed by atoms with Crippen molar-refractivity contribution in [3.63, 3.8) is 0 Å². The van der Waals surface area contributed by atoms with Gasteiger partial charge in [-0.25, -0.2) is 0 Å². The summed E-state index contributed by atoms with van der Waals surface area (Å²) in [6, 6.07) is 11.1. The van der Waals surface area contributed by atoms with E-state index in [1.807, 2.05) is 43.3 Å². The molecule has 1 heterocycles. The van der Waals surface area contributed by atoms with E-state index >= 15 is 0 Å². The lowest BCUT2D eigenvalue weighted by Gasteiger charge is -2.14. The number of aromatic nitrogens is 4. The number of aromatic amines is 1. The molecule has 0 aliphatic heterocycles. The van der Waals surface area contributed by atoms with Gasteiger partial charge in [-0.2, -0.15) is 5.21 Å². The average Bonchev–Trinajstić information content (AvgIpc) is 3.21. The Morgan fingerprint density at radius 3 is 2.61 bits per heavy atom. The fourth-order valence-electron chi connectivity index (χ4n) is 2.87. The number of carbonyl (C=O) groups is 1. The lowest BCUT2D eigenvalue weighted by molar-refractivity contribution is 0.101. The van der Waals surface area contributed by atoms with Crippen LogP contribution in [0.5, 0.6) is 11.5 Å². The lowest BCUT2D eigenvalue weighted by Crippen LogP contribution is -2.04. The van der Waals surface area contributed by atoms with Gasteiger partial charge in [-0.1, -0.05) is 37.6 Å². The maximum absolute atomic E-state index is 11.7. The van der Waals surface area contributed by atoms with Crippen molar-refractivity contribution in [2.45, 2.75) is 33.3 Å². The number of phenols is 1. The van der Waals surface area contributed by atoms with Gasteiger partial charge in [0, 0.05) is 5.56 Å². The minimum Gasteiger partial charge on any atom is -0.507 e. The van der Waals surface area contributed by atoms with Gasteiger partial charge in [0.15, 0.2) is 11.6 Å². The molecule has 3 aromatic rings. The number of ether oxygens (including phenoxy) is 1. The molecule has 0 unspecified atom stereocenters. The van der Waals surface area contributed by atoms with E-state index in [1.54, 1.807) is 12.1 Å². The Hall–Kier alpha value is -3.48. The van der Waals surface area contributed by atoms with E-state index in [0.29, 0.717) is 30.2 Å². The lowest BCUT2D eigenvalue weighted by atomic mass is 9.97. The summed E-state index contributed by atoms with van der Waals surface area (Å²) < 4.78 is 5.88. The fraction of sp³-hybridized carbons (Fsp3) is 0.238. The van der Waals surface area contributed by atoms with Crippen LogP contribution in [-0.4, -0.2) is 31.5 Å². The number of ketones is 1. The normalized spacial score (nSPS) is 11.1. The predicted molar refractivity (Wildman–Crippen MR) is 106 cm³/mol. The topological polar surface area (TPSA) is 101 Å². The van der Waals surface area contributed by atoms with Crippen LogP contribution in [0.4, 0.5) is 0 Å². The largest absolute Gasteiger partial charge is 0.507 e. The van der Waals surface area contributed by atoms with Crippen molar-refractivity contribution in [2.75, 3.05) is 0 Å². The molecular weight excluding hydrogens is 356 g/mol. The van der Waals surface area contributed by atoms with Gasteiger partial charge in [0.1, 0.15) is 18.1 Å². The monoisotopic (exact) mass is 378 g/mol. The second-order valence-electron chi connectivity index (χ2n) is 6.37.